The van der Waals surface area contributed by atoms with Crippen molar-refractivity contribution < 1.29 is 4.79 Å². The van der Waals surface area contributed by atoms with Crippen LogP contribution < -0.4 is 0 Å². The van der Waals surface area contributed by atoms with Gasteiger partial charge in [0.25, 0.3) is 0 Å². The topological polar surface area (TPSA) is 34.9 Å². The van der Waals surface area contributed by atoms with Crippen molar-refractivity contribution in [1.29, 1.82) is 0 Å². The molecule has 1 aromatic carbocycles. The number of aryl methyl sites for hydroxylation is 3. The third-order valence-electron chi connectivity index (χ3n) is 3.65. The van der Waals surface area contributed by atoms with Crippen LogP contribution in [-0.4, -0.2) is 15.6 Å². The molecule has 0 fully saturated rings. The fraction of sp³-hybridized carbons (Fsp3) is 0.375. The van der Waals surface area contributed by atoms with Crippen molar-refractivity contribution in [2.75, 3.05) is 0 Å². The highest BCUT2D eigenvalue weighted by molar-refractivity contribution is 5.97. The summed E-state index contributed by atoms with van der Waals surface area (Å²) in [6.45, 7) is 6.06. The molecule has 19 heavy (non-hydrogen) atoms. The number of benzene rings is 1. The lowest BCUT2D eigenvalue weighted by molar-refractivity contribution is 0.0992. The molecule has 0 aliphatic rings. The minimum absolute atomic E-state index is 0.162. The molecular weight excluding hydrogens is 236 g/mol. The van der Waals surface area contributed by atoms with Gasteiger partial charge in [-0.25, -0.2) is 0 Å². The molecule has 1 heterocycles. The van der Waals surface area contributed by atoms with Crippen molar-refractivity contribution in [3.05, 3.63) is 52.3 Å². The Kier molecular flexibility index (Phi) is 3.84. The smallest absolute Gasteiger partial charge is 0.167 e. The number of aromatic nitrogens is 2. The van der Waals surface area contributed by atoms with Gasteiger partial charge in [0.1, 0.15) is 0 Å². The average Bonchev–Trinajstić information content (AvgIpc) is 2.65. The highest BCUT2D eigenvalue weighted by Gasteiger charge is 2.14. The maximum atomic E-state index is 12.4. The van der Waals surface area contributed by atoms with Gasteiger partial charge in [0.2, 0.25) is 0 Å². The predicted octanol–water partition coefficient (Wildman–Crippen LogP) is 3.02. The summed E-state index contributed by atoms with van der Waals surface area (Å²) >= 11 is 0. The quantitative estimate of drug-likeness (QED) is 0.788. The molecule has 1 aromatic heterocycles. The van der Waals surface area contributed by atoms with Crippen molar-refractivity contribution in [3.8, 4) is 0 Å². The molecule has 100 valence electrons. The molecule has 0 aliphatic heterocycles. The number of hydrogen-bond donors (Lipinski definition) is 0. The molecule has 0 aliphatic carbocycles. The van der Waals surface area contributed by atoms with Gasteiger partial charge in [-0.15, -0.1) is 0 Å². The normalized spacial score (nSPS) is 10.7. The number of ketones is 1. The van der Waals surface area contributed by atoms with Crippen LogP contribution in [0.1, 0.15) is 39.8 Å². The summed E-state index contributed by atoms with van der Waals surface area (Å²) in [4.78, 5) is 12.4. The zero-order chi connectivity index (χ0) is 14.0. The fourth-order valence-electron chi connectivity index (χ4n) is 2.30. The molecule has 2 rings (SSSR count). The van der Waals surface area contributed by atoms with E-state index in [1.165, 1.54) is 5.56 Å². The lowest BCUT2D eigenvalue weighted by Crippen LogP contribution is -2.06. The Labute approximate surface area is 114 Å². The van der Waals surface area contributed by atoms with Crippen molar-refractivity contribution in [1.82, 2.24) is 9.78 Å². The van der Waals surface area contributed by atoms with Gasteiger partial charge in [-0.1, -0.05) is 25.1 Å². The van der Waals surface area contributed by atoms with E-state index in [2.05, 4.69) is 18.1 Å². The van der Waals surface area contributed by atoms with Gasteiger partial charge in [0.15, 0.2) is 5.78 Å². The molecule has 3 heteroatoms. The van der Waals surface area contributed by atoms with Crippen LogP contribution in [0.25, 0.3) is 0 Å². The monoisotopic (exact) mass is 256 g/mol. The number of rotatable bonds is 4. The second kappa shape index (κ2) is 5.39. The number of hydrogen-bond acceptors (Lipinski definition) is 2. The molecule has 2 aromatic rings. The lowest BCUT2D eigenvalue weighted by Gasteiger charge is -2.04. The third-order valence-corrected chi connectivity index (χ3v) is 3.65. The number of nitrogens with zero attached hydrogens (tertiary/aromatic N) is 2. The standard InChI is InChI=1S/C16H20N2O/c1-5-13-7-6-8-14(9-13)16(19)10-15-11(2)17-18(4)12(15)3/h6-9H,5,10H2,1-4H3. The van der Waals surface area contributed by atoms with Gasteiger partial charge in [-0.05, 0) is 31.9 Å². The van der Waals surface area contributed by atoms with E-state index in [9.17, 15) is 4.79 Å². The van der Waals surface area contributed by atoms with Crippen LogP contribution in [0.3, 0.4) is 0 Å². The summed E-state index contributed by atoms with van der Waals surface area (Å²) in [5.74, 6) is 0.162. The van der Waals surface area contributed by atoms with Crippen molar-refractivity contribution in [2.24, 2.45) is 7.05 Å². The number of carbonyl (C=O) groups excluding carboxylic acids is 1. The molecule has 0 atom stereocenters. The van der Waals surface area contributed by atoms with Crippen LogP contribution >= 0.6 is 0 Å². The Morgan fingerprint density at radius 3 is 2.63 bits per heavy atom. The van der Waals surface area contributed by atoms with E-state index in [1.807, 2.05) is 43.8 Å². The van der Waals surface area contributed by atoms with Gasteiger partial charge >= 0.3 is 0 Å². The fourth-order valence-corrected chi connectivity index (χ4v) is 2.30. The third kappa shape index (κ3) is 2.75. The maximum Gasteiger partial charge on any atom is 0.167 e. The lowest BCUT2D eigenvalue weighted by atomic mass is 9.99. The molecule has 0 bridgehead atoms. The summed E-state index contributed by atoms with van der Waals surface area (Å²) < 4.78 is 1.83. The summed E-state index contributed by atoms with van der Waals surface area (Å²) in [6.07, 6.45) is 1.38. The Morgan fingerprint density at radius 2 is 2.05 bits per heavy atom. The maximum absolute atomic E-state index is 12.4. The van der Waals surface area contributed by atoms with Gasteiger partial charge < -0.3 is 0 Å². The summed E-state index contributed by atoms with van der Waals surface area (Å²) in [6, 6.07) is 7.89. The van der Waals surface area contributed by atoms with E-state index in [1.54, 1.807) is 0 Å². The van der Waals surface area contributed by atoms with Crippen LogP contribution in [-0.2, 0) is 19.9 Å². The van der Waals surface area contributed by atoms with Gasteiger partial charge in [-0.2, -0.15) is 5.10 Å². The van der Waals surface area contributed by atoms with Crippen LogP contribution in [0.2, 0.25) is 0 Å². The predicted molar refractivity (Wildman–Crippen MR) is 76.5 cm³/mol. The molecule has 0 amide bonds. The molecule has 0 radical (unpaired) electrons. The van der Waals surface area contributed by atoms with Gasteiger partial charge in [0.05, 0.1) is 5.69 Å². The molecule has 0 saturated carbocycles. The molecule has 0 saturated heterocycles. The van der Waals surface area contributed by atoms with E-state index in [4.69, 9.17) is 0 Å². The molecular formula is C16H20N2O. The van der Waals surface area contributed by atoms with Crippen LogP contribution in [0.5, 0.6) is 0 Å². The highest BCUT2D eigenvalue weighted by atomic mass is 16.1. The van der Waals surface area contributed by atoms with E-state index < -0.39 is 0 Å². The van der Waals surface area contributed by atoms with Crippen LogP contribution in [0, 0.1) is 13.8 Å². The average molecular weight is 256 g/mol. The summed E-state index contributed by atoms with van der Waals surface area (Å²) in [7, 11) is 1.91. The zero-order valence-corrected chi connectivity index (χ0v) is 12.0. The number of Topliss-reactive ketones (excluding diaryl/α,β-unsaturated/α-hetero) is 1. The Morgan fingerprint density at radius 1 is 1.32 bits per heavy atom. The van der Waals surface area contributed by atoms with Crippen molar-refractivity contribution in [3.63, 3.8) is 0 Å². The second-order valence-corrected chi connectivity index (χ2v) is 4.93. The molecule has 3 nitrogen and oxygen atoms in total. The molecule has 0 unspecified atom stereocenters. The Hall–Kier alpha value is -1.90. The minimum atomic E-state index is 0.162. The first kappa shape index (κ1) is 13.5. The molecule has 0 N–H and O–H groups in total. The zero-order valence-electron chi connectivity index (χ0n) is 12.0. The van der Waals surface area contributed by atoms with Crippen LogP contribution in [0.15, 0.2) is 24.3 Å². The van der Waals surface area contributed by atoms with Crippen molar-refractivity contribution in [2.45, 2.75) is 33.6 Å². The van der Waals surface area contributed by atoms with Gasteiger partial charge in [0, 0.05) is 30.3 Å². The molecule has 0 spiro atoms. The van der Waals surface area contributed by atoms with E-state index in [0.29, 0.717) is 6.42 Å². The van der Waals surface area contributed by atoms with E-state index in [0.717, 1.165) is 28.9 Å². The van der Waals surface area contributed by atoms with Crippen LogP contribution in [0.4, 0.5) is 0 Å². The highest BCUT2D eigenvalue weighted by Crippen LogP contribution is 2.16. The largest absolute Gasteiger partial charge is 0.294 e. The van der Waals surface area contributed by atoms with E-state index in [-0.39, 0.29) is 5.78 Å². The Balaban J connectivity index is 2.25. The van der Waals surface area contributed by atoms with E-state index >= 15 is 0 Å². The SMILES string of the molecule is CCc1cccc(C(=O)Cc2c(C)nn(C)c2C)c1. The Bertz CT molecular complexity index is 611. The first-order valence-electron chi connectivity index (χ1n) is 6.64. The van der Waals surface area contributed by atoms with Gasteiger partial charge in [-0.3, -0.25) is 9.48 Å². The number of carbonyl (C=O) groups is 1. The van der Waals surface area contributed by atoms with Crippen molar-refractivity contribution >= 4 is 5.78 Å². The second-order valence-electron chi connectivity index (χ2n) is 4.93. The first-order chi connectivity index (χ1) is 9.02. The summed E-state index contributed by atoms with van der Waals surface area (Å²) in [5.41, 5.74) is 5.05. The minimum Gasteiger partial charge on any atom is -0.294 e. The summed E-state index contributed by atoms with van der Waals surface area (Å²) in [5, 5.41) is 4.36. The first-order valence-corrected chi connectivity index (χ1v) is 6.64.